The fraction of sp³-hybridized carbons (Fsp3) is 0.308. The van der Waals surface area contributed by atoms with Crippen LogP contribution >= 0.6 is 11.6 Å². The van der Waals surface area contributed by atoms with E-state index in [9.17, 15) is 14.4 Å². The predicted molar refractivity (Wildman–Crippen MR) is 132 cm³/mol. The van der Waals surface area contributed by atoms with Gasteiger partial charge < -0.3 is 0 Å². The average molecular weight is 480 g/mol. The molecule has 4 rings (SSSR count). The number of H-pyrrole nitrogens is 1. The Morgan fingerprint density at radius 1 is 0.971 bits per heavy atom. The van der Waals surface area contributed by atoms with Crippen LogP contribution in [0.5, 0.6) is 0 Å². The number of aryl methyl sites for hydroxylation is 2. The topological polar surface area (TPSA) is 79.1 Å². The lowest BCUT2D eigenvalue weighted by atomic mass is 10.0. The van der Waals surface area contributed by atoms with Gasteiger partial charge in [-0.3, -0.25) is 24.4 Å². The number of carbonyl (C=O) groups excluding carboxylic acids is 2. The summed E-state index contributed by atoms with van der Waals surface area (Å²) in [6.07, 6.45) is 6.32. The smallest absolute Gasteiger partial charge is 0.294 e. The first-order chi connectivity index (χ1) is 16.4. The highest BCUT2D eigenvalue weighted by atomic mass is 35.5. The molecule has 34 heavy (non-hydrogen) atoms. The Kier molecular flexibility index (Phi) is 6.84. The molecule has 0 fully saturated rings. The Morgan fingerprint density at radius 3 is 2.32 bits per heavy atom. The minimum Gasteiger partial charge on any atom is -0.294 e. The number of imide groups is 1. The van der Waals surface area contributed by atoms with Gasteiger partial charge in [-0.05, 0) is 43.0 Å². The van der Waals surface area contributed by atoms with E-state index >= 15 is 0 Å². The van der Waals surface area contributed by atoms with Crippen LogP contribution < -0.4 is 10.1 Å². The SMILES string of the molecule is CCCc1[nH]n(-c2cccc(Cl)c2)c(=O)c1C1=C([n+]2ccc(CC)cc2)C(=O)N(CCC)C1=O. The van der Waals surface area contributed by atoms with Gasteiger partial charge in [-0.1, -0.05) is 44.9 Å². The van der Waals surface area contributed by atoms with Crippen LogP contribution in [0.25, 0.3) is 17.0 Å². The molecule has 0 bridgehead atoms. The standard InChI is InChI=1S/C26H27ClN4O3/c1-4-8-20-21(25(33)31(28-20)19-10-7-9-18(27)16-19)22-23(26(34)30(13-5-2)24(22)32)29-14-11-17(6-3)12-15-29/h7,9-12,14-16H,4-6,8,13H2,1-3H3/p+1. The molecule has 0 saturated carbocycles. The molecule has 1 aliphatic heterocycles. The van der Waals surface area contributed by atoms with Crippen LogP contribution in [0.1, 0.15) is 50.4 Å². The van der Waals surface area contributed by atoms with E-state index in [0.29, 0.717) is 29.2 Å². The van der Waals surface area contributed by atoms with Crippen molar-refractivity contribution in [1.82, 2.24) is 14.7 Å². The maximum absolute atomic E-state index is 13.7. The number of nitrogens with zero attached hydrogens (tertiary/aromatic N) is 3. The Balaban J connectivity index is 1.99. The Hall–Kier alpha value is -3.45. The minimum absolute atomic E-state index is 0.137. The van der Waals surface area contributed by atoms with Gasteiger partial charge in [0.05, 0.1) is 11.3 Å². The Morgan fingerprint density at radius 2 is 1.71 bits per heavy atom. The van der Waals surface area contributed by atoms with E-state index in [1.165, 1.54) is 9.58 Å². The molecular weight excluding hydrogens is 452 g/mol. The highest BCUT2D eigenvalue weighted by Crippen LogP contribution is 2.30. The normalized spacial score (nSPS) is 13.9. The van der Waals surface area contributed by atoms with Crippen LogP contribution in [0.15, 0.2) is 53.6 Å². The number of benzene rings is 1. The van der Waals surface area contributed by atoms with Crippen molar-refractivity contribution in [2.45, 2.75) is 46.5 Å². The maximum Gasteiger partial charge on any atom is 0.326 e. The van der Waals surface area contributed by atoms with Crippen LogP contribution in [0.2, 0.25) is 5.02 Å². The fourth-order valence-electron chi connectivity index (χ4n) is 4.27. The summed E-state index contributed by atoms with van der Waals surface area (Å²) in [6, 6.07) is 10.8. The second kappa shape index (κ2) is 9.81. The monoisotopic (exact) mass is 479 g/mol. The fourth-order valence-corrected chi connectivity index (χ4v) is 4.45. The first kappa shape index (κ1) is 23.7. The van der Waals surface area contributed by atoms with Crippen molar-refractivity contribution in [3.05, 3.63) is 81.0 Å². The van der Waals surface area contributed by atoms with E-state index in [-0.39, 0.29) is 28.9 Å². The summed E-state index contributed by atoms with van der Waals surface area (Å²) in [4.78, 5) is 42.0. The number of rotatable bonds is 8. The average Bonchev–Trinajstić information content (AvgIpc) is 3.27. The van der Waals surface area contributed by atoms with E-state index in [4.69, 9.17) is 11.6 Å². The molecule has 176 valence electrons. The summed E-state index contributed by atoms with van der Waals surface area (Å²) < 4.78 is 3.04. The number of halogens is 1. The van der Waals surface area contributed by atoms with Gasteiger partial charge in [0.15, 0.2) is 12.4 Å². The first-order valence-corrected chi connectivity index (χ1v) is 12.0. The van der Waals surface area contributed by atoms with Crippen molar-refractivity contribution < 1.29 is 14.2 Å². The number of amides is 2. The predicted octanol–water partition coefficient (Wildman–Crippen LogP) is 3.77. The van der Waals surface area contributed by atoms with E-state index in [0.717, 1.165) is 18.4 Å². The van der Waals surface area contributed by atoms with E-state index in [2.05, 4.69) is 5.10 Å². The summed E-state index contributed by atoms with van der Waals surface area (Å²) in [6.45, 7) is 6.24. The number of nitrogens with one attached hydrogen (secondary N) is 1. The van der Waals surface area contributed by atoms with Crippen LogP contribution in [-0.4, -0.2) is 33.0 Å². The van der Waals surface area contributed by atoms with Crippen molar-refractivity contribution >= 4 is 34.7 Å². The summed E-state index contributed by atoms with van der Waals surface area (Å²) in [7, 11) is 0. The van der Waals surface area contributed by atoms with Gasteiger partial charge >= 0.3 is 5.91 Å². The Labute approximate surface area is 203 Å². The lowest BCUT2D eigenvalue weighted by molar-refractivity contribution is -0.577. The molecular formula is C26H28ClN4O3+. The van der Waals surface area contributed by atoms with Crippen LogP contribution in [0.4, 0.5) is 0 Å². The zero-order chi connectivity index (χ0) is 24.4. The minimum atomic E-state index is -0.444. The first-order valence-electron chi connectivity index (χ1n) is 11.6. The van der Waals surface area contributed by atoms with Gasteiger partial charge in [0.1, 0.15) is 5.57 Å². The van der Waals surface area contributed by atoms with Crippen LogP contribution in [0.3, 0.4) is 0 Å². The molecule has 1 N–H and O–H groups in total. The molecule has 0 unspecified atom stereocenters. The van der Waals surface area contributed by atoms with Crippen LogP contribution in [0, 0.1) is 0 Å². The third-order valence-corrected chi connectivity index (χ3v) is 6.17. The van der Waals surface area contributed by atoms with Crippen molar-refractivity contribution in [2.75, 3.05) is 6.54 Å². The summed E-state index contributed by atoms with van der Waals surface area (Å²) in [5.74, 6) is -0.839. The van der Waals surface area contributed by atoms with Gasteiger partial charge in [0.25, 0.3) is 17.2 Å². The molecule has 0 aliphatic carbocycles. The second-order valence-corrected chi connectivity index (χ2v) is 8.72. The summed E-state index contributed by atoms with van der Waals surface area (Å²) in [5.41, 5.74) is 2.48. The third-order valence-electron chi connectivity index (χ3n) is 5.94. The van der Waals surface area contributed by atoms with Gasteiger partial charge in [0, 0.05) is 29.4 Å². The molecule has 3 heterocycles. The van der Waals surface area contributed by atoms with Crippen molar-refractivity contribution in [1.29, 1.82) is 0 Å². The number of aromatic amines is 1. The second-order valence-electron chi connectivity index (χ2n) is 8.29. The lowest BCUT2D eigenvalue weighted by Crippen LogP contribution is -2.39. The van der Waals surface area contributed by atoms with Crippen LogP contribution in [-0.2, 0) is 22.4 Å². The number of carbonyl (C=O) groups is 2. The van der Waals surface area contributed by atoms with Crippen molar-refractivity contribution in [2.24, 2.45) is 0 Å². The lowest BCUT2D eigenvalue weighted by Gasteiger charge is -2.11. The quantitative estimate of drug-likeness (QED) is 0.394. The zero-order valence-electron chi connectivity index (χ0n) is 19.6. The molecule has 0 spiro atoms. The molecule has 2 amide bonds. The number of pyridine rings is 1. The number of hydrogen-bond donors (Lipinski definition) is 1. The van der Waals surface area contributed by atoms with Gasteiger partial charge in [-0.2, -0.15) is 4.57 Å². The largest absolute Gasteiger partial charge is 0.326 e. The van der Waals surface area contributed by atoms with E-state index in [1.54, 1.807) is 41.2 Å². The third kappa shape index (κ3) is 4.12. The summed E-state index contributed by atoms with van der Waals surface area (Å²) in [5, 5.41) is 3.65. The molecule has 0 radical (unpaired) electrons. The molecule has 1 aliphatic rings. The van der Waals surface area contributed by atoms with Crippen molar-refractivity contribution in [3.8, 4) is 5.69 Å². The van der Waals surface area contributed by atoms with Gasteiger partial charge in [0.2, 0.25) is 0 Å². The molecule has 8 heteroatoms. The molecule has 0 atom stereocenters. The molecule has 3 aromatic rings. The maximum atomic E-state index is 13.7. The zero-order valence-corrected chi connectivity index (χ0v) is 20.4. The Bertz CT molecular complexity index is 1330. The highest BCUT2D eigenvalue weighted by Gasteiger charge is 2.47. The van der Waals surface area contributed by atoms with Gasteiger partial charge in [-0.15, -0.1) is 0 Å². The number of aromatic nitrogens is 3. The molecule has 2 aromatic heterocycles. The molecule has 1 aromatic carbocycles. The van der Waals surface area contributed by atoms with Crippen molar-refractivity contribution in [3.63, 3.8) is 0 Å². The molecule has 0 saturated heterocycles. The van der Waals surface area contributed by atoms with E-state index < -0.39 is 11.8 Å². The van der Waals surface area contributed by atoms with E-state index in [1.807, 2.05) is 32.9 Å². The molecule has 7 nitrogen and oxygen atoms in total. The summed E-state index contributed by atoms with van der Waals surface area (Å²) >= 11 is 6.16. The number of hydrogen-bond acceptors (Lipinski definition) is 3. The highest BCUT2D eigenvalue weighted by molar-refractivity contribution is 6.44. The van der Waals surface area contributed by atoms with Gasteiger partial charge in [-0.25, -0.2) is 4.68 Å².